The normalized spacial score (nSPS) is 29.5. The molecule has 1 heterocycles. The van der Waals surface area contributed by atoms with E-state index in [0.29, 0.717) is 31.4 Å². The van der Waals surface area contributed by atoms with Crippen LogP contribution in [-0.2, 0) is 14.3 Å². The zero-order chi connectivity index (χ0) is 19.6. The van der Waals surface area contributed by atoms with Crippen molar-refractivity contribution in [3.05, 3.63) is 29.6 Å². The van der Waals surface area contributed by atoms with Crippen LogP contribution in [0.3, 0.4) is 0 Å². The fourth-order valence-corrected chi connectivity index (χ4v) is 3.71. The highest BCUT2D eigenvalue weighted by molar-refractivity contribution is 5.92. The van der Waals surface area contributed by atoms with Gasteiger partial charge in [0.2, 0.25) is 5.91 Å². The van der Waals surface area contributed by atoms with E-state index in [2.05, 4.69) is 20.4 Å². The third kappa shape index (κ3) is 4.44. The summed E-state index contributed by atoms with van der Waals surface area (Å²) in [5.41, 5.74) is 1.02. The summed E-state index contributed by atoms with van der Waals surface area (Å²) in [6, 6.07) is 4.64. The van der Waals surface area contributed by atoms with Crippen LogP contribution in [0.15, 0.2) is 18.2 Å². The van der Waals surface area contributed by atoms with Crippen molar-refractivity contribution in [2.75, 3.05) is 7.11 Å². The molecule has 0 aliphatic heterocycles. The number of methoxy groups -OCH3 is 1. The van der Waals surface area contributed by atoms with Crippen LogP contribution in [-0.4, -0.2) is 53.2 Å². The third-order valence-corrected chi connectivity index (χ3v) is 5.36. The van der Waals surface area contributed by atoms with Gasteiger partial charge in [-0.15, -0.1) is 0 Å². The lowest BCUT2D eigenvalue weighted by Crippen LogP contribution is -2.48. The Hall–Kier alpha value is -2.48. The van der Waals surface area contributed by atoms with Crippen LogP contribution in [0.1, 0.15) is 41.9 Å². The van der Waals surface area contributed by atoms with Crippen LogP contribution < -0.4 is 10.6 Å². The van der Waals surface area contributed by atoms with E-state index in [9.17, 15) is 19.5 Å². The number of nitrogens with one attached hydrogen (secondary N) is 2. The van der Waals surface area contributed by atoms with E-state index in [1.165, 1.54) is 7.11 Å². The summed E-state index contributed by atoms with van der Waals surface area (Å²) in [4.78, 5) is 40.3. The van der Waals surface area contributed by atoms with Crippen molar-refractivity contribution >= 4 is 17.8 Å². The summed E-state index contributed by atoms with van der Waals surface area (Å²) in [6.07, 6.45) is 1.04. The molecule has 3 N–H and O–H groups in total. The molecule has 0 saturated heterocycles. The van der Waals surface area contributed by atoms with Gasteiger partial charge in [0, 0.05) is 17.7 Å². The van der Waals surface area contributed by atoms with Gasteiger partial charge in [-0.3, -0.25) is 14.4 Å². The van der Waals surface area contributed by atoms with Crippen LogP contribution in [0, 0.1) is 18.8 Å². The molecule has 2 amide bonds. The molecule has 27 heavy (non-hydrogen) atoms. The lowest BCUT2D eigenvalue weighted by Gasteiger charge is -2.34. The molecular weight excluding hydrogens is 350 g/mol. The number of esters is 1. The molecule has 0 unspecified atom stereocenters. The average molecular weight is 375 g/mol. The Kier molecular flexibility index (Phi) is 5.74. The number of carbonyl (C=O) groups is 3. The molecule has 1 aromatic heterocycles. The van der Waals surface area contributed by atoms with Crippen molar-refractivity contribution < 1.29 is 24.2 Å². The molecule has 0 aromatic carbocycles. The number of hydrogen-bond donors (Lipinski definition) is 3. The van der Waals surface area contributed by atoms with Crippen LogP contribution in [0.25, 0.3) is 0 Å². The van der Waals surface area contributed by atoms with Crippen molar-refractivity contribution in [2.45, 2.75) is 50.8 Å². The Morgan fingerprint density at radius 1 is 1.11 bits per heavy atom. The van der Waals surface area contributed by atoms with Gasteiger partial charge < -0.3 is 20.5 Å². The smallest absolute Gasteiger partial charge is 0.308 e. The van der Waals surface area contributed by atoms with E-state index >= 15 is 0 Å². The summed E-state index contributed by atoms with van der Waals surface area (Å²) in [7, 11) is 1.36. The molecule has 2 aliphatic rings. The van der Waals surface area contributed by atoms with Gasteiger partial charge in [0.15, 0.2) is 0 Å². The molecule has 146 valence electrons. The van der Waals surface area contributed by atoms with Gasteiger partial charge >= 0.3 is 5.97 Å². The first-order valence-electron chi connectivity index (χ1n) is 9.18. The number of amides is 2. The first-order valence-corrected chi connectivity index (χ1v) is 9.18. The molecule has 2 aliphatic carbocycles. The largest absolute Gasteiger partial charge is 0.469 e. The maximum Gasteiger partial charge on any atom is 0.308 e. The van der Waals surface area contributed by atoms with Gasteiger partial charge in [-0.25, -0.2) is 4.98 Å². The number of aryl methyl sites for hydroxylation is 1. The quantitative estimate of drug-likeness (QED) is 0.638. The summed E-state index contributed by atoms with van der Waals surface area (Å²) in [6.45, 7) is 1.80. The van der Waals surface area contributed by atoms with Crippen molar-refractivity contribution in [1.29, 1.82) is 0 Å². The van der Waals surface area contributed by atoms with Gasteiger partial charge in [0.05, 0.1) is 25.2 Å². The zero-order valence-corrected chi connectivity index (χ0v) is 15.5. The summed E-state index contributed by atoms with van der Waals surface area (Å²) < 4.78 is 4.69. The van der Waals surface area contributed by atoms with Crippen LogP contribution in [0.5, 0.6) is 0 Å². The van der Waals surface area contributed by atoms with Gasteiger partial charge in [-0.05, 0) is 44.7 Å². The molecule has 3 atom stereocenters. The molecule has 0 bridgehead atoms. The number of nitrogens with zero attached hydrogens (tertiary/aromatic N) is 1. The van der Waals surface area contributed by atoms with Crippen LogP contribution >= 0.6 is 0 Å². The molecule has 0 radical (unpaired) electrons. The second-order valence-electron chi connectivity index (χ2n) is 7.38. The first-order chi connectivity index (χ1) is 12.9. The number of aliphatic hydroxyl groups excluding tert-OH is 1. The number of rotatable bonds is 5. The lowest BCUT2D eigenvalue weighted by molar-refractivity contribution is -0.150. The lowest BCUT2D eigenvalue weighted by atomic mass is 9.80. The van der Waals surface area contributed by atoms with Crippen LogP contribution in [0.4, 0.5) is 0 Å². The number of carbonyl (C=O) groups excluding carboxylic acids is 3. The Morgan fingerprint density at radius 3 is 2.52 bits per heavy atom. The second kappa shape index (κ2) is 8.04. The molecule has 0 spiro atoms. The van der Waals surface area contributed by atoms with Crippen molar-refractivity contribution in [3.63, 3.8) is 0 Å². The van der Waals surface area contributed by atoms with Gasteiger partial charge in [0.1, 0.15) is 5.69 Å². The molecule has 8 nitrogen and oxygen atoms in total. The fraction of sp³-hybridized carbons (Fsp3) is 0.579. The van der Waals surface area contributed by atoms with Crippen molar-refractivity contribution in [1.82, 2.24) is 15.6 Å². The minimum atomic E-state index is -0.779. The summed E-state index contributed by atoms with van der Waals surface area (Å²) >= 11 is 0. The standard InChI is InChI=1S/C19H25N3O5/c1-10-4-3-5-14(20-10)18(25)22-15-8-11(9-16(15)23)17(24)21-13-6-12(7-13)19(26)27-2/h3-5,11-13,15-16,23H,6-9H2,1-2H3,(H,21,24)(H,22,25)/t11-,12?,13?,15+,16+/m0/s1. The predicted octanol–water partition coefficient (Wildman–Crippen LogP) is 0.327. The maximum atomic E-state index is 12.4. The third-order valence-electron chi connectivity index (χ3n) is 5.36. The highest BCUT2D eigenvalue weighted by Gasteiger charge is 2.41. The second-order valence-corrected chi connectivity index (χ2v) is 7.38. The van der Waals surface area contributed by atoms with E-state index in [4.69, 9.17) is 0 Å². The number of aliphatic hydroxyl groups is 1. The Labute approximate surface area is 157 Å². The van der Waals surface area contributed by atoms with Crippen molar-refractivity contribution in [3.8, 4) is 0 Å². The molecule has 1 aromatic rings. The SMILES string of the molecule is COC(=O)C1CC(NC(=O)[C@@H]2C[C@@H](O)[C@H](NC(=O)c3cccc(C)n3)C2)C1. The van der Waals surface area contributed by atoms with E-state index in [0.717, 1.165) is 5.69 Å². The van der Waals surface area contributed by atoms with Gasteiger partial charge in [-0.1, -0.05) is 6.07 Å². The molecule has 3 rings (SSSR count). The molecule has 2 saturated carbocycles. The highest BCUT2D eigenvalue weighted by Crippen LogP contribution is 2.31. The topological polar surface area (TPSA) is 118 Å². The monoisotopic (exact) mass is 375 g/mol. The van der Waals surface area contributed by atoms with E-state index in [1.54, 1.807) is 25.1 Å². The Morgan fingerprint density at radius 2 is 1.85 bits per heavy atom. The van der Waals surface area contributed by atoms with Gasteiger partial charge in [-0.2, -0.15) is 0 Å². The number of hydrogen-bond acceptors (Lipinski definition) is 6. The molecular formula is C19H25N3O5. The summed E-state index contributed by atoms with van der Waals surface area (Å²) in [5, 5.41) is 15.9. The maximum absolute atomic E-state index is 12.4. The average Bonchev–Trinajstić information content (AvgIpc) is 2.97. The first kappa shape index (κ1) is 19.3. The number of aromatic nitrogens is 1. The fourth-order valence-electron chi connectivity index (χ4n) is 3.71. The summed E-state index contributed by atoms with van der Waals surface area (Å²) in [5.74, 6) is -1.27. The Bertz CT molecular complexity index is 732. The van der Waals surface area contributed by atoms with Gasteiger partial charge in [0.25, 0.3) is 5.91 Å². The van der Waals surface area contributed by atoms with E-state index in [1.807, 2.05) is 0 Å². The molecule has 2 fully saturated rings. The Balaban J connectivity index is 1.48. The minimum absolute atomic E-state index is 0.0381. The number of ether oxygens (including phenoxy) is 1. The van der Waals surface area contributed by atoms with E-state index < -0.39 is 12.1 Å². The van der Waals surface area contributed by atoms with Crippen LogP contribution in [0.2, 0.25) is 0 Å². The minimum Gasteiger partial charge on any atom is -0.469 e. The zero-order valence-electron chi connectivity index (χ0n) is 15.5. The number of pyridine rings is 1. The predicted molar refractivity (Wildman–Crippen MR) is 95.6 cm³/mol. The highest BCUT2D eigenvalue weighted by atomic mass is 16.5. The van der Waals surface area contributed by atoms with E-state index in [-0.39, 0.29) is 35.7 Å². The molecule has 8 heteroatoms. The van der Waals surface area contributed by atoms with Crippen molar-refractivity contribution in [2.24, 2.45) is 11.8 Å².